The third-order valence-electron chi connectivity index (χ3n) is 4.64. The highest BCUT2D eigenvalue weighted by Crippen LogP contribution is 2.36. The van der Waals surface area contributed by atoms with E-state index in [-0.39, 0.29) is 17.9 Å². The first-order chi connectivity index (χ1) is 10.6. The molecule has 4 nitrogen and oxygen atoms in total. The number of nitrogens with one attached hydrogen (secondary N) is 1. The molecule has 3 rings (SSSR count). The van der Waals surface area contributed by atoms with Gasteiger partial charge in [0.15, 0.2) is 6.10 Å². The summed E-state index contributed by atoms with van der Waals surface area (Å²) in [6.07, 6.45) is 3.15. The number of anilines is 1. The molecule has 0 spiro atoms. The molecule has 1 N–H and O–H groups in total. The van der Waals surface area contributed by atoms with E-state index in [1.54, 1.807) is 0 Å². The molecule has 0 saturated carbocycles. The van der Waals surface area contributed by atoms with Crippen molar-refractivity contribution in [2.45, 2.75) is 52.2 Å². The maximum atomic E-state index is 12.6. The highest BCUT2D eigenvalue weighted by Gasteiger charge is 2.35. The first kappa shape index (κ1) is 15.3. The van der Waals surface area contributed by atoms with Gasteiger partial charge in [0.1, 0.15) is 5.75 Å². The van der Waals surface area contributed by atoms with E-state index in [0.717, 1.165) is 24.4 Å². The van der Waals surface area contributed by atoms with E-state index in [9.17, 15) is 4.79 Å². The van der Waals surface area contributed by atoms with Crippen LogP contribution in [-0.4, -0.2) is 31.1 Å². The Balaban J connectivity index is 1.87. The number of benzene rings is 1. The molecular weight excluding hydrogens is 276 g/mol. The SMILES string of the molecule is CCN1C(=O)C(C(C)C)Oc2ccc(CC3CCCN3)cc21. The molecule has 1 aromatic carbocycles. The van der Waals surface area contributed by atoms with Gasteiger partial charge in [-0.1, -0.05) is 19.9 Å². The summed E-state index contributed by atoms with van der Waals surface area (Å²) in [5.74, 6) is 1.10. The van der Waals surface area contributed by atoms with Gasteiger partial charge in [0, 0.05) is 12.6 Å². The van der Waals surface area contributed by atoms with Crippen LogP contribution in [0.3, 0.4) is 0 Å². The van der Waals surface area contributed by atoms with Gasteiger partial charge in [0.25, 0.3) is 5.91 Å². The Bertz CT molecular complexity index is 550. The number of hydrogen-bond donors (Lipinski definition) is 1. The Morgan fingerprint density at radius 2 is 2.23 bits per heavy atom. The first-order valence-electron chi connectivity index (χ1n) is 8.44. The fraction of sp³-hybridized carbons (Fsp3) is 0.611. The Morgan fingerprint density at radius 3 is 2.86 bits per heavy atom. The van der Waals surface area contributed by atoms with Crippen molar-refractivity contribution < 1.29 is 9.53 Å². The quantitative estimate of drug-likeness (QED) is 0.930. The average Bonchev–Trinajstić information content (AvgIpc) is 2.99. The van der Waals surface area contributed by atoms with Gasteiger partial charge in [0.2, 0.25) is 0 Å². The van der Waals surface area contributed by atoms with Gasteiger partial charge in [-0.15, -0.1) is 0 Å². The van der Waals surface area contributed by atoms with Crippen molar-refractivity contribution in [3.8, 4) is 5.75 Å². The smallest absolute Gasteiger partial charge is 0.268 e. The van der Waals surface area contributed by atoms with Crippen molar-refractivity contribution >= 4 is 11.6 Å². The fourth-order valence-electron chi connectivity index (χ4n) is 3.42. The minimum atomic E-state index is -0.366. The second-order valence-corrected chi connectivity index (χ2v) is 6.66. The number of ether oxygens (including phenoxy) is 1. The molecule has 120 valence electrons. The third-order valence-corrected chi connectivity index (χ3v) is 4.64. The van der Waals surface area contributed by atoms with E-state index in [0.29, 0.717) is 12.6 Å². The van der Waals surface area contributed by atoms with Crippen molar-refractivity contribution in [1.82, 2.24) is 5.32 Å². The van der Waals surface area contributed by atoms with Gasteiger partial charge in [-0.3, -0.25) is 4.79 Å². The van der Waals surface area contributed by atoms with Crippen molar-refractivity contribution in [2.75, 3.05) is 18.0 Å². The van der Waals surface area contributed by atoms with Crippen LogP contribution in [0.2, 0.25) is 0 Å². The number of likely N-dealkylation sites (N-methyl/N-ethyl adjacent to an activating group) is 1. The Hall–Kier alpha value is -1.55. The summed E-state index contributed by atoms with van der Waals surface area (Å²) in [6.45, 7) is 7.89. The second-order valence-electron chi connectivity index (χ2n) is 6.66. The monoisotopic (exact) mass is 302 g/mol. The number of amides is 1. The first-order valence-corrected chi connectivity index (χ1v) is 8.44. The zero-order chi connectivity index (χ0) is 15.7. The molecule has 0 radical (unpaired) electrons. The molecule has 1 amide bonds. The number of rotatable bonds is 4. The maximum absolute atomic E-state index is 12.6. The summed E-state index contributed by atoms with van der Waals surface area (Å²) < 4.78 is 5.96. The molecule has 4 heteroatoms. The predicted molar refractivity (Wildman–Crippen MR) is 88.5 cm³/mol. The lowest BCUT2D eigenvalue weighted by atomic mass is 10.00. The van der Waals surface area contributed by atoms with Gasteiger partial charge < -0.3 is 15.0 Å². The van der Waals surface area contributed by atoms with Crippen LogP contribution in [0.25, 0.3) is 0 Å². The lowest BCUT2D eigenvalue weighted by Gasteiger charge is -2.35. The zero-order valence-corrected chi connectivity index (χ0v) is 13.8. The normalized spacial score (nSPS) is 24.5. The van der Waals surface area contributed by atoms with Gasteiger partial charge in [-0.2, -0.15) is 0 Å². The number of carbonyl (C=O) groups is 1. The van der Waals surface area contributed by atoms with Crippen LogP contribution in [0.5, 0.6) is 5.75 Å². The Labute approximate surface area is 132 Å². The predicted octanol–water partition coefficient (Wildman–Crippen LogP) is 2.75. The summed E-state index contributed by atoms with van der Waals surface area (Å²) >= 11 is 0. The lowest BCUT2D eigenvalue weighted by molar-refractivity contribution is -0.128. The molecule has 1 saturated heterocycles. The average molecular weight is 302 g/mol. The van der Waals surface area contributed by atoms with Gasteiger partial charge in [-0.05, 0) is 56.3 Å². The minimum Gasteiger partial charge on any atom is -0.478 e. The van der Waals surface area contributed by atoms with E-state index < -0.39 is 0 Å². The van der Waals surface area contributed by atoms with Crippen LogP contribution >= 0.6 is 0 Å². The van der Waals surface area contributed by atoms with E-state index in [1.807, 2.05) is 31.7 Å². The van der Waals surface area contributed by atoms with E-state index in [1.165, 1.54) is 18.4 Å². The molecule has 0 bridgehead atoms. The molecule has 22 heavy (non-hydrogen) atoms. The van der Waals surface area contributed by atoms with Crippen LogP contribution < -0.4 is 15.0 Å². The number of fused-ring (bicyclic) bond motifs is 1. The Morgan fingerprint density at radius 1 is 1.41 bits per heavy atom. The molecule has 2 aliphatic rings. The molecule has 0 aliphatic carbocycles. The highest BCUT2D eigenvalue weighted by atomic mass is 16.5. The van der Waals surface area contributed by atoms with E-state index in [4.69, 9.17) is 4.74 Å². The zero-order valence-electron chi connectivity index (χ0n) is 13.8. The molecule has 2 aliphatic heterocycles. The summed E-state index contributed by atoms with van der Waals surface area (Å²) in [5, 5.41) is 3.53. The van der Waals surface area contributed by atoms with Crippen LogP contribution in [0.4, 0.5) is 5.69 Å². The minimum absolute atomic E-state index is 0.0844. The van der Waals surface area contributed by atoms with Crippen molar-refractivity contribution in [2.24, 2.45) is 5.92 Å². The fourth-order valence-corrected chi connectivity index (χ4v) is 3.42. The third kappa shape index (κ3) is 2.84. The van der Waals surface area contributed by atoms with E-state index >= 15 is 0 Å². The van der Waals surface area contributed by atoms with Gasteiger partial charge >= 0.3 is 0 Å². The topological polar surface area (TPSA) is 41.6 Å². The second kappa shape index (κ2) is 6.29. The van der Waals surface area contributed by atoms with Crippen molar-refractivity contribution in [3.05, 3.63) is 23.8 Å². The molecule has 1 aromatic rings. The molecule has 2 unspecified atom stereocenters. The Kier molecular flexibility index (Phi) is 4.39. The maximum Gasteiger partial charge on any atom is 0.268 e. The standard InChI is InChI=1S/C18H26N2O2/c1-4-20-15-11-13(10-14-6-5-9-19-14)7-8-16(15)22-17(12(2)3)18(20)21/h7-8,11-12,14,17,19H,4-6,9-10H2,1-3H3. The van der Waals surface area contributed by atoms with Crippen LogP contribution in [0, 0.1) is 5.92 Å². The van der Waals surface area contributed by atoms with Gasteiger partial charge in [0.05, 0.1) is 5.69 Å². The number of carbonyl (C=O) groups excluding carboxylic acids is 1. The molecule has 2 atom stereocenters. The highest BCUT2D eigenvalue weighted by molar-refractivity contribution is 6.00. The lowest BCUT2D eigenvalue weighted by Crippen LogP contribution is -2.48. The van der Waals surface area contributed by atoms with Gasteiger partial charge in [-0.25, -0.2) is 0 Å². The van der Waals surface area contributed by atoms with Crippen molar-refractivity contribution in [1.29, 1.82) is 0 Å². The van der Waals surface area contributed by atoms with E-state index in [2.05, 4.69) is 17.4 Å². The van der Waals surface area contributed by atoms with Crippen LogP contribution in [0.1, 0.15) is 39.2 Å². The van der Waals surface area contributed by atoms with Crippen LogP contribution in [-0.2, 0) is 11.2 Å². The molecular formula is C18H26N2O2. The number of nitrogens with zero attached hydrogens (tertiary/aromatic N) is 1. The molecule has 2 heterocycles. The summed E-state index contributed by atoms with van der Waals surface area (Å²) in [4.78, 5) is 14.5. The molecule has 1 fully saturated rings. The summed E-state index contributed by atoms with van der Waals surface area (Å²) in [6, 6.07) is 6.87. The van der Waals surface area contributed by atoms with Crippen LogP contribution in [0.15, 0.2) is 18.2 Å². The summed E-state index contributed by atoms with van der Waals surface area (Å²) in [5.41, 5.74) is 2.20. The van der Waals surface area contributed by atoms with Crippen molar-refractivity contribution in [3.63, 3.8) is 0 Å². The summed E-state index contributed by atoms with van der Waals surface area (Å²) in [7, 11) is 0. The molecule has 0 aromatic heterocycles. The number of hydrogen-bond acceptors (Lipinski definition) is 3. The largest absolute Gasteiger partial charge is 0.478 e.